The number of rotatable bonds is 5. The van der Waals surface area contributed by atoms with Crippen LogP contribution in [0.5, 0.6) is 5.75 Å². The van der Waals surface area contributed by atoms with Gasteiger partial charge in [-0.25, -0.2) is 0 Å². The van der Waals surface area contributed by atoms with Crippen LogP contribution in [-0.2, 0) is 4.79 Å². The van der Waals surface area contributed by atoms with E-state index < -0.39 is 0 Å². The van der Waals surface area contributed by atoms with Gasteiger partial charge in [-0.05, 0) is 30.7 Å². The molecule has 0 saturated carbocycles. The van der Waals surface area contributed by atoms with Gasteiger partial charge < -0.3 is 10.1 Å². The number of methoxy groups -OCH3 is 1. The average Bonchev–Trinajstić information content (AvgIpc) is 2.42. The maximum Gasteiger partial charge on any atom is 0.220 e. The molecular weight excluding hydrogens is 226 g/mol. The van der Waals surface area contributed by atoms with Gasteiger partial charge in [0.15, 0.2) is 0 Å². The fourth-order valence-corrected chi connectivity index (χ4v) is 1.39. The quantitative estimate of drug-likeness (QED) is 0.809. The summed E-state index contributed by atoms with van der Waals surface area (Å²) in [5, 5.41) is 2.77. The Morgan fingerprint density at radius 2 is 2.06 bits per heavy atom. The topological polar surface area (TPSA) is 38.3 Å². The second-order valence-corrected chi connectivity index (χ2v) is 3.91. The SMILES string of the molecule is CCCCC(=O)NCC#Cc1ccc(OC)cc1. The summed E-state index contributed by atoms with van der Waals surface area (Å²) in [6.07, 6.45) is 2.55. The van der Waals surface area contributed by atoms with E-state index >= 15 is 0 Å². The third-order valence-electron chi connectivity index (χ3n) is 2.45. The Bertz CT molecular complexity index is 426. The molecule has 0 aromatic heterocycles. The van der Waals surface area contributed by atoms with Gasteiger partial charge in [-0.1, -0.05) is 25.2 Å². The molecule has 3 heteroatoms. The number of ether oxygens (including phenoxy) is 1. The van der Waals surface area contributed by atoms with Crippen molar-refractivity contribution in [3.05, 3.63) is 29.8 Å². The van der Waals surface area contributed by atoms with Gasteiger partial charge in [-0.3, -0.25) is 4.79 Å². The van der Waals surface area contributed by atoms with E-state index in [1.165, 1.54) is 0 Å². The minimum absolute atomic E-state index is 0.0703. The van der Waals surface area contributed by atoms with Crippen molar-refractivity contribution in [2.24, 2.45) is 0 Å². The zero-order valence-electron chi connectivity index (χ0n) is 11.0. The molecular formula is C15H19NO2. The van der Waals surface area contributed by atoms with Gasteiger partial charge in [0.05, 0.1) is 13.7 Å². The first-order valence-corrected chi connectivity index (χ1v) is 6.16. The Morgan fingerprint density at radius 3 is 2.67 bits per heavy atom. The van der Waals surface area contributed by atoms with Crippen molar-refractivity contribution in [2.45, 2.75) is 26.2 Å². The second-order valence-electron chi connectivity index (χ2n) is 3.91. The molecule has 0 atom stereocenters. The first kappa shape index (κ1) is 14.1. The highest BCUT2D eigenvalue weighted by Gasteiger charge is 1.96. The van der Waals surface area contributed by atoms with Gasteiger partial charge >= 0.3 is 0 Å². The Hall–Kier alpha value is -1.95. The first-order valence-electron chi connectivity index (χ1n) is 6.16. The lowest BCUT2D eigenvalue weighted by atomic mass is 10.2. The Balaban J connectivity index is 2.34. The van der Waals surface area contributed by atoms with E-state index in [0.29, 0.717) is 13.0 Å². The zero-order chi connectivity index (χ0) is 13.2. The van der Waals surface area contributed by atoms with Gasteiger partial charge in [-0.15, -0.1) is 0 Å². The maximum absolute atomic E-state index is 11.3. The molecule has 0 aliphatic rings. The van der Waals surface area contributed by atoms with E-state index in [-0.39, 0.29) is 5.91 Å². The number of hydrogen-bond acceptors (Lipinski definition) is 2. The fraction of sp³-hybridized carbons (Fsp3) is 0.400. The molecule has 18 heavy (non-hydrogen) atoms. The Morgan fingerprint density at radius 1 is 1.33 bits per heavy atom. The fourth-order valence-electron chi connectivity index (χ4n) is 1.39. The number of nitrogens with one attached hydrogen (secondary N) is 1. The number of carbonyl (C=O) groups excluding carboxylic acids is 1. The predicted molar refractivity (Wildman–Crippen MR) is 72.4 cm³/mol. The molecule has 1 aromatic carbocycles. The average molecular weight is 245 g/mol. The van der Waals surface area contributed by atoms with Crippen LogP contribution in [0.3, 0.4) is 0 Å². The van der Waals surface area contributed by atoms with Crippen molar-refractivity contribution in [2.75, 3.05) is 13.7 Å². The molecule has 1 aromatic rings. The molecule has 0 fully saturated rings. The van der Waals surface area contributed by atoms with Gasteiger partial charge in [0.1, 0.15) is 5.75 Å². The molecule has 1 N–H and O–H groups in total. The van der Waals surface area contributed by atoms with Crippen LogP contribution in [0.25, 0.3) is 0 Å². The van der Waals surface area contributed by atoms with E-state index in [9.17, 15) is 4.79 Å². The van der Waals surface area contributed by atoms with Gasteiger partial charge in [0, 0.05) is 12.0 Å². The molecule has 0 aliphatic heterocycles. The van der Waals surface area contributed by atoms with Gasteiger partial charge in [-0.2, -0.15) is 0 Å². The molecule has 0 aliphatic carbocycles. The number of benzene rings is 1. The van der Waals surface area contributed by atoms with Crippen molar-refractivity contribution in [3.8, 4) is 17.6 Å². The summed E-state index contributed by atoms with van der Waals surface area (Å²) < 4.78 is 5.06. The zero-order valence-corrected chi connectivity index (χ0v) is 11.0. The van der Waals surface area contributed by atoms with Crippen LogP contribution in [0, 0.1) is 11.8 Å². The lowest BCUT2D eigenvalue weighted by Crippen LogP contribution is -2.22. The molecule has 1 amide bonds. The number of amides is 1. The molecule has 0 heterocycles. The summed E-state index contributed by atoms with van der Waals surface area (Å²) in [7, 11) is 1.63. The third-order valence-corrected chi connectivity index (χ3v) is 2.45. The molecule has 1 rings (SSSR count). The molecule has 0 saturated heterocycles. The largest absolute Gasteiger partial charge is 0.497 e. The van der Waals surface area contributed by atoms with Crippen LogP contribution in [0.1, 0.15) is 31.7 Å². The molecule has 0 unspecified atom stereocenters. The van der Waals surface area contributed by atoms with Crippen LogP contribution in [0.2, 0.25) is 0 Å². The Kier molecular flexibility index (Phi) is 6.42. The minimum Gasteiger partial charge on any atom is -0.497 e. The summed E-state index contributed by atoms with van der Waals surface area (Å²) >= 11 is 0. The van der Waals surface area contributed by atoms with Crippen LogP contribution >= 0.6 is 0 Å². The van der Waals surface area contributed by atoms with Crippen molar-refractivity contribution in [1.29, 1.82) is 0 Å². The second kappa shape index (κ2) is 8.19. The van der Waals surface area contributed by atoms with E-state index in [0.717, 1.165) is 24.2 Å². The van der Waals surface area contributed by atoms with Crippen LogP contribution in [0.4, 0.5) is 0 Å². The monoisotopic (exact) mass is 245 g/mol. The van der Waals surface area contributed by atoms with Crippen LogP contribution < -0.4 is 10.1 Å². The van der Waals surface area contributed by atoms with E-state index in [4.69, 9.17) is 4.74 Å². The van der Waals surface area contributed by atoms with Crippen LogP contribution in [-0.4, -0.2) is 19.6 Å². The third kappa shape index (κ3) is 5.40. The molecule has 0 bridgehead atoms. The highest BCUT2D eigenvalue weighted by Crippen LogP contribution is 2.09. The van der Waals surface area contributed by atoms with Gasteiger partial charge in [0.25, 0.3) is 0 Å². The van der Waals surface area contributed by atoms with E-state index in [1.807, 2.05) is 24.3 Å². The number of unbranched alkanes of at least 4 members (excludes halogenated alkanes) is 1. The number of carbonyl (C=O) groups is 1. The highest BCUT2D eigenvalue weighted by molar-refractivity contribution is 5.76. The molecule has 3 nitrogen and oxygen atoms in total. The van der Waals surface area contributed by atoms with E-state index in [1.54, 1.807) is 7.11 Å². The lowest BCUT2D eigenvalue weighted by molar-refractivity contribution is -0.120. The van der Waals surface area contributed by atoms with Crippen molar-refractivity contribution in [3.63, 3.8) is 0 Å². The first-order chi connectivity index (χ1) is 8.76. The van der Waals surface area contributed by atoms with Crippen molar-refractivity contribution in [1.82, 2.24) is 5.32 Å². The lowest BCUT2D eigenvalue weighted by Gasteiger charge is -1.99. The molecule has 0 radical (unpaired) electrons. The highest BCUT2D eigenvalue weighted by atomic mass is 16.5. The van der Waals surface area contributed by atoms with Crippen molar-refractivity contribution < 1.29 is 9.53 Å². The summed E-state index contributed by atoms with van der Waals surface area (Å²) in [4.78, 5) is 11.3. The Labute approximate surface area is 109 Å². The summed E-state index contributed by atoms with van der Waals surface area (Å²) in [5.41, 5.74) is 0.915. The standard InChI is InChI=1S/C15H19NO2/c1-3-4-7-15(17)16-12-5-6-13-8-10-14(18-2)11-9-13/h8-11H,3-4,7,12H2,1-2H3,(H,16,17). The normalized spacial score (nSPS) is 9.22. The van der Waals surface area contributed by atoms with Gasteiger partial charge in [0.2, 0.25) is 5.91 Å². The molecule has 96 valence electrons. The predicted octanol–water partition coefficient (Wildman–Crippen LogP) is 2.35. The number of hydrogen-bond donors (Lipinski definition) is 1. The summed E-state index contributed by atoms with van der Waals surface area (Å²) in [6, 6.07) is 7.52. The maximum atomic E-state index is 11.3. The van der Waals surface area contributed by atoms with E-state index in [2.05, 4.69) is 24.1 Å². The minimum atomic E-state index is 0.0703. The summed E-state index contributed by atoms with van der Waals surface area (Å²) in [5.74, 6) is 6.79. The molecule has 0 spiro atoms. The van der Waals surface area contributed by atoms with Crippen LogP contribution in [0.15, 0.2) is 24.3 Å². The smallest absolute Gasteiger partial charge is 0.220 e. The summed E-state index contributed by atoms with van der Waals surface area (Å²) in [6.45, 7) is 2.46. The van der Waals surface area contributed by atoms with Crippen molar-refractivity contribution >= 4 is 5.91 Å².